The minimum absolute atomic E-state index is 0.0789. The van der Waals surface area contributed by atoms with Gasteiger partial charge in [-0.15, -0.1) is 0 Å². The molecule has 0 saturated heterocycles. The molecule has 0 aliphatic carbocycles. The maximum Gasteiger partial charge on any atom is 0.317 e. The number of aromatic nitrogens is 1. The number of hydrogen-bond acceptors (Lipinski definition) is 1. The molecule has 1 aromatic heterocycles. The van der Waals surface area contributed by atoms with Crippen molar-refractivity contribution in [2.45, 2.75) is 13.0 Å². The number of carbonyl (C=O) groups is 1. The highest BCUT2D eigenvalue weighted by atomic mass is 35.5. The molecule has 1 heterocycles. The molecular formula is C19H20ClN3O. The number of urea groups is 1. The Labute approximate surface area is 146 Å². The molecule has 0 aliphatic rings. The quantitative estimate of drug-likeness (QED) is 0.717. The second kappa shape index (κ2) is 7.41. The average Bonchev–Trinajstić information content (AvgIpc) is 3.00. The molecule has 2 aromatic carbocycles. The zero-order chi connectivity index (χ0) is 16.9. The Bertz CT molecular complexity index is 826. The number of amides is 2. The predicted octanol–water partition coefficient (Wildman–Crippen LogP) is 4.21. The van der Waals surface area contributed by atoms with E-state index in [2.05, 4.69) is 22.4 Å². The largest absolute Gasteiger partial charge is 0.361 e. The third-order valence-corrected chi connectivity index (χ3v) is 4.28. The number of halogens is 1. The van der Waals surface area contributed by atoms with Crippen LogP contribution in [0.5, 0.6) is 0 Å². The molecule has 3 aromatic rings. The number of rotatable bonds is 5. The summed E-state index contributed by atoms with van der Waals surface area (Å²) in [5.74, 6) is 0. The van der Waals surface area contributed by atoms with Crippen molar-refractivity contribution in [1.29, 1.82) is 0 Å². The van der Waals surface area contributed by atoms with Gasteiger partial charge in [0.2, 0.25) is 0 Å². The highest BCUT2D eigenvalue weighted by Gasteiger charge is 2.09. The maximum atomic E-state index is 12.2. The van der Waals surface area contributed by atoms with E-state index in [4.69, 9.17) is 11.6 Å². The van der Waals surface area contributed by atoms with Gasteiger partial charge in [-0.25, -0.2) is 4.79 Å². The molecule has 0 radical (unpaired) electrons. The highest BCUT2D eigenvalue weighted by Crippen LogP contribution is 2.17. The van der Waals surface area contributed by atoms with E-state index in [-0.39, 0.29) is 6.03 Å². The predicted molar refractivity (Wildman–Crippen MR) is 98.3 cm³/mol. The topological polar surface area (TPSA) is 48.1 Å². The zero-order valence-corrected chi connectivity index (χ0v) is 14.3. The average molecular weight is 342 g/mol. The third-order valence-electron chi connectivity index (χ3n) is 4.03. The van der Waals surface area contributed by atoms with Gasteiger partial charge in [-0.2, -0.15) is 0 Å². The third kappa shape index (κ3) is 3.89. The molecule has 5 heteroatoms. The summed E-state index contributed by atoms with van der Waals surface area (Å²) in [7, 11) is 1.79. The lowest BCUT2D eigenvalue weighted by atomic mass is 10.1. The van der Waals surface area contributed by atoms with E-state index in [0.29, 0.717) is 18.1 Å². The van der Waals surface area contributed by atoms with Crippen LogP contribution in [0.4, 0.5) is 4.79 Å². The number of H-pyrrole nitrogens is 1. The van der Waals surface area contributed by atoms with Crippen molar-refractivity contribution >= 4 is 28.5 Å². The number of fused-ring (bicyclic) bond motifs is 1. The molecule has 24 heavy (non-hydrogen) atoms. The monoisotopic (exact) mass is 341 g/mol. The number of hydrogen-bond donors (Lipinski definition) is 2. The van der Waals surface area contributed by atoms with Crippen LogP contribution in [0.15, 0.2) is 54.7 Å². The first kappa shape index (κ1) is 16.4. The van der Waals surface area contributed by atoms with E-state index in [1.165, 1.54) is 10.9 Å². The van der Waals surface area contributed by atoms with E-state index in [1.54, 1.807) is 11.9 Å². The Morgan fingerprint density at radius 2 is 1.92 bits per heavy atom. The zero-order valence-electron chi connectivity index (χ0n) is 13.6. The summed E-state index contributed by atoms with van der Waals surface area (Å²) in [6.45, 7) is 1.15. The molecule has 0 spiro atoms. The summed E-state index contributed by atoms with van der Waals surface area (Å²) in [5, 5.41) is 4.87. The fraction of sp³-hybridized carbons (Fsp3) is 0.211. The lowest BCUT2D eigenvalue weighted by Gasteiger charge is -2.18. The van der Waals surface area contributed by atoms with Crippen molar-refractivity contribution in [3.05, 3.63) is 70.9 Å². The van der Waals surface area contributed by atoms with Crippen LogP contribution in [0.3, 0.4) is 0 Å². The molecule has 0 aliphatic heterocycles. The molecular weight excluding hydrogens is 322 g/mol. The van der Waals surface area contributed by atoms with Crippen molar-refractivity contribution in [1.82, 2.24) is 15.2 Å². The summed E-state index contributed by atoms with van der Waals surface area (Å²) in [5.41, 5.74) is 3.39. The Morgan fingerprint density at radius 3 is 2.71 bits per heavy atom. The smallest absolute Gasteiger partial charge is 0.317 e. The van der Waals surface area contributed by atoms with Crippen LogP contribution in [0.25, 0.3) is 10.9 Å². The number of para-hydroxylation sites is 1. The van der Waals surface area contributed by atoms with E-state index in [1.807, 2.05) is 42.6 Å². The Kier molecular flexibility index (Phi) is 5.06. The minimum atomic E-state index is -0.0789. The fourth-order valence-electron chi connectivity index (χ4n) is 2.71. The van der Waals surface area contributed by atoms with Crippen LogP contribution in [-0.2, 0) is 13.0 Å². The van der Waals surface area contributed by atoms with Gasteiger partial charge in [0.05, 0.1) is 0 Å². The van der Waals surface area contributed by atoms with Gasteiger partial charge in [-0.1, -0.05) is 41.9 Å². The van der Waals surface area contributed by atoms with Crippen LogP contribution in [0.2, 0.25) is 5.02 Å². The molecule has 124 valence electrons. The molecule has 0 fully saturated rings. The van der Waals surface area contributed by atoms with E-state index in [0.717, 1.165) is 17.5 Å². The Morgan fingerprint density at radius 1 is 1.17 bits per heavy atom. The summed E-state index contributed by atoms with van der Waals surface area (Å²) in [6.07, 6.45) is 2.80. The maximum absolute atomic E-state index is 12.2. The van der Waals surface area contributed by atoms with Gasteiger partial charge < -0.3 is 15.2 Å². The lowest BCUT2D eigenvalue weighted by Crippen LogP contribution is -2.37. The molecule has 2 amide bonds. The van der Waals surface area contributed by atoms with Gasteiger partial charge in [0.1, 0.15) is 0 Å². The van der Waals surface area contributed by atoms with Gasteiger partial charge in [0.15, 0.2) is 0 Å². The summed E-state index contributed by atoms with van der Waals surface area (Å²) in [6, 6.07) is 15.6. The van der Waals surface area contributed by atoms with Gasteiger partial charge in [-0.3, -0.25) is 0 Å². The molecule has 0 atom stereocenters. The first-order chi connectivity index (χ1) is 11.6. The first-order valence-electron chi connectivity index (χ1n) is 7.92. The highest BCUT2D eigenvalue weighted by molar-refractivity contribution is 6.30. The number of carbonyl (C=O) groups excluding carboxylic acids is 1. The fourth-order valence-corrected chi connectivity index (χ4v) is 2.84. The molecule has 2 N–H and O–H groups in total. The van der Waals surface area contributed by atoms with Crippen molar-refractivity contribution in [3.8, 4) is 0 Å². The van der Waals surface area contributed by atoms with Crippen molar-refractivity contribution < 1.29 is 4.79 Å². The number of nitrogens with zero attached hydrogens (tertiary/aromatic N) is 1. The second-order valence-electron chi connectivity index (χ2n) is 5.82. The summed E-state index contributed by atoms with van der Waals surface area (Å²) < 4.78 is 0. The number of benzene rings is 2. The van der Waals surface area contributed by atoms with Crippen LogP contribution in [0, 0.1) is 0 Å². The standard InChI is InChI=1S/C19H20ClN3O/c1-23(13-14-6-8-16(20)9-7-14)19(24)21-11-10-15-12-22-18-5-3-2-4-17(15)18/h2-9,12,22H,10-11,13H2,1H3,(H,21,24). The second-order valence-corrected chi connectivity index (χ2v) is 6.26. The van der Waals surface area contributed by atoms with Gasteiger partial charge >= 0.3 is 6.03 Å². The van der Waals surface area contributed by atoms with Crippen LogP contribution < -0.4 is 5.32 Å². The normalized spacial score (nSPS) is 10.8. The summed E-state index contributed by atoms with van der Waals surface area (Å²) in [4.78, 5) is 17.1. The van der Waals surface area contributed by atoms with Gasteiger partial charge in [0, 0.05) is 42.3 Å². The SMILES string of the molecule is CN(Cc1ccc(Cl)cc1)C(=O)NCCc1c[nH]c2ccccc12. The van der Waals surface area contributed by atoms with Crippen LogP contribution in [-0.4, -0.2) is 29.5 Å². The molecule has 0 saturated carbocycles. The van der Waals surface area contributed by atoms with E-state index in [9.17, 15) is 4.79 Å². The number of aromatic amines is 1. The Balaban J connectivity index is 1.50. The molecule has 0 unspecified atom stereocenters. The van der Waals surface area contributed by atoms with E-state index >= 15 is 0 Å². The molecule has 0 bridgehead atoms. The van der Waals surface area contributed by atoms with Crippen LogP contribution >= 0.6 is 11.6 Å². The van der Waals surface area contributed by atoms with Gasteiger partial charge in [0.25, 0.3) is 0 Å². The van der Waals surface area contributed by atoms with Crippen LogP contribution in [0.1, 0.15) is 11.1 Å². The first-order valence-corrected chi connectivity index (χ1v) is 8.29. The number of nitrogens with one attached hydrogen (secondary N) is 2. The minimum Gasteiger partial charge on any atom is -0.361 e. The van der Waals surface area contributed by atoms with Crippen molar-refractivity contribution in [2.24, 2.45) is 0 Å². The molecule has 3 rings (SSSR count). The van der Waals surface area contributed by atoms with E-state index < -0.39 is 0 Å². The Hall–Kier alpha value is -2.46. The summed E-state index contributed by atoms with van der Waals surface area (Å²) >= 11 is 5.87. The van der Waals surface area contributed by atoms with Gasteiger partial charge in [-0.05, 0) is 35.7 Å². The van der Waals surface area contributed by atoms with Crippen molar-refractivity contribution in [3.63, 3.8) is 0 Å². The molecule has 4 nitrogen and oxygen atoms in total. The van der Waals surface area contributed by atoms with Crippen molar-refractivity contribution in [2.75, 3.05) is 13.6 Å². The lowest BCUT2D eigenvalue weighted by molar-refractivity contribution is 0.207.